The molecule has 0 aliphatic carbocycles. The van der Waals surface area contributed by atoms with Gasteiger partial charge in [0.15, 0.2) is 0 Å². The molecule has 0 bridgehead atoms. The third kappa shape index (κ3) is 2.46. The number of aliphatic hydroxyl groups excluding tert-OH is 1. The lowest BCUT2D eigenvalue weighted by atomic mass is 10.1. The van der Waals surface area contributed by atoms with Gasteiger partial charge in [0.1, 0.15) is 6.10 Å². The molecule has 2 aromatic rings. The molecule has 18 heavy (non-hydrogen) atoms. The second-order valence-corrected chi connectivity index (χ2v) is 4.22. The van der Waals surface area contributed by atoms with Crippen LogP contribution in [0.15, 0.2) is 30.3 Å². The predicted molar refractivity (Wildman–Crippen MR) is 68.5 cm³/mol. The Hall–Kier alpha value is -2.01. The Bertz CT molecular complexity index is 517. The topological polar surface area (TPSA) is 85.3 Å². The molecule has 1 heterocycles. The summed E-state index contributed by atoms with van der Waals surface area (Å²) in [6, 6.07) is 8.99. The minimum atomic E-state index is -1.13. The summed E-state index contributed by atoms with van der Waals surface area (Å²) in [7, 11) is 0. The molecular formula is C13H16N2O3. The van der Waals surface area contributed by atoms with Crippen molar-refractivity contribution < 1.29 is 15.0 Å². The Morgan fingerprint density at radius 3 is 2.78 bits per heavy atom. The molecule has 2 rings (SSSR count). The standard InChI is InChI=1S/C13H16N2O3/c1-2-9(15-13(17)18)12(16)11-7-8-5-3-4-6-10(8)14-11/h3-7,9,12,14-16H,2H2,1H3,(H,17,18)/t9-,12?/m0/s1. The summed E-state index contributed by atoms with van der Waals surface area (Å²) in [6.45, 7) is 1.83. The van der Waals surface area contributed by atoms with Gasteiger partial charge in [-0.15, -0.1) is 0 Å². The van der Waals surface area contributed by atoms with E-state index >= 15 is 0 Å². The van der Waals surface area contributed by atoms with Gasteiger partial charge in [-0.1, -0.05) is 25.1 Å². The Kier molecular flexibility index (Phi) is 3.53. The van der Waals surface area contributed by atoms with Crippen molar-refractivity contribution in [3.05, 3.63) is 36.0 Å². The van der Waals surface area contributed by atoms with Gasteiger partial charge in [0.2, 0.25) is 0 Å². The quantitative estimate of drug-likeness (QED) is 0.669. The van der Waals surface area contributed by atoms with E-state index in [2.05, 4.69) is 10.3 Å². The fourth-order valence-corrected chi connectivity index (χ4v) is 2.03. The van der Waals surface area contributed by atoms with E-state index in [1.54, 1.807) is 0 Å². The van der Waals surface area contributed by atoms with Crippen molar-refractivity contribution in [2.24, 2.45) is 0 Å². The molecule has 1 amide bonds. The molecule has 5 nitrogen and oxygen atoms in total. The van der Waals surface area contributed by atoms with Crippen molar-refractivity contribution in [1.29, 1.82) is 0 Å². The molecule has 5 heteroatoms. The van der Waals surface area contributed by atoms with Crippen molar-refractivity contribution >= 4 is 17.0 Å². The van der Waals surface area contributed by atoms with Crippen LogP contribution in [0.1, 0.15) is 25.1 Å². The fourth-order valence-electron chi connectivity index (χ4n) is 2.03. The molecule has 1 aromatic carbocycles. The number of benzene rings is 1. The lowest BCUT2D eigenvalue weighted by Gasteiger charge is -2.20. The molecule has 1 unspecified atom stereocenters. The van der Waals surface area contributed by atoms with Crippen LogP contribution in [0.5, 0.6) is 0 Å². The first-order valence-electron chi connectivity index (χ1n) is 5.87. The third-order valence-electron chi connectivity index (χ3n) is 3.00. The number of nitrogens with one attached hydrogen (secondary N) is 2. The number of hydrogen-bond donors (Lipinski definition) is 4. The van der Waals surface area contributed by atoms with Gasteiger partial charge < -0.3 is 20.5 Å². The van der Waals surface area contributed by atoms with Gasteiger partial charge in [0.05, 0.1) is 6.04 Å². The number of H-pyrrole nitrogens is 1. The Labute approximate surface area is 104 Å². The number of para-hydroxylation sites is 1. The maximum Gasteiger partial charge on any atom is 0.404 e. The number of aromatic nitrogens is 1. The first-order chi connectivity index (χ1) is 8.61. The Balaban J connectivity index is 2.26. The van der Waals surface area contributed by atoms with Crippen LogP contribution in [0.25, 0.3) is 10.9 Å². The van der Waals surface area contributed by atoms with Crippen LogP contribution in [0.2, 0.25) is 0 Å². The lowest BCUT2D eigenvalue weighted by molar-refractivity contribution is 0.115. The van der Waals surface area contributed by atoms with E-state index in [1.807, 2.05) is 37.3 Å². The summed E-state index contributed by atoms with van der Waals surface area (Å²) in [6.07, 6.45) is -1.49. The highest BCUT2D eigenvalue weighted by molar-refractivity contribution is 5.80. The zero-order chi connectivity index (χ0) is 13.1. The number of carboxylic acid groups (broad SMARTS) is 1. The predicted octanol–water partition coefficient (Wildman–Crippen LogP) is 2.25. The number of amides is 1. The molecule has 0 fully saturated rings. The highest BCUT2D eigenvalue weighted by Gasteiger charge is 2.22. The van der Waals surface area contributed by atoms with Crippen LogP contribution in [0.4, 0.5) is 4.79 Å². The summed E-state index contributed by atoms with van der Waals surface area (Å²) in [5.41, 5.74) is 1.55. The molecule has 2 atom stereocenters. The molecule has 0 radical (unpaired) electrons. The van der Waals surface area contributed by atoms with Gasteiger partial charge in [-0.25, -0.2) is 4.79 Å². The molecule has 1 aromatic heterocycles. The smallest absolute Gasteiger partial charge is 0.404 e. The van der Waals surface area contributed by atoms with Crippen LogP contribution in [0, 0.1) is 0 Å². The van der Waals surface area contributed by atoms with E-state index < -0.39 is 18.2 Å². The maximum atomic E-state index is 10.6. The number of fused-ring (bicyclic) bond motifs is 1. The van der Waals surface area contributed by atoms with Gasteiger partial charge >= 0.3 is 6.09 Å². The van der Waals surface area contributed by atoms with E-state index in [1.165, 1.54) is 0 Å². The zero-order valence-corrected chi connectivity index (χ0v) is 10.1. The average Bonchev–Trinajstić information content (AvgIpc) is 2.78. The molecule has 0 aliphatic heterocycles. The van der Waals surface area contributed by atoms with Gasteiger partial charge in [-0.2, -0.15) is 0 Å². The lowest BCUT2D eigenvalue weighted by Crippen LogP contribution is -2.38. The van der Waals surface area contributed by atoms with E-state index in [0.717, 1.165) is 10.9 Å². The number of aromatic amines is 1. The fraction of sp³-hybridized carbons (Fsp3) is 0.308. The summed E-state index contributed by atoms with van der Waals surface area (Å²) in [5, 5.41) is 22.2. The van der Waals surface area contributed by atoms with E-state index in [4.69, 9.17) is 5.11 Å². The number of rotatable bonds is 4. The van der Waals surface area contributed by atoms with Crippen LogP contribution in [0.3, 0.4) is 0 Å². The molecular weight excluding hydrogens is 232 g/mol. The first kappa shape index (κ1) is 12.4. The summed E-state index contributed by atoms with van der Waals surface area (Å²) >= 11 is 0. The second-order valence-electron chi connectivity index (χ2n) is 4.22. The van der Waals surface area contributed by atoms with E-state index in [9.17, 15) is 9.90 Å². The Morgan fingerprint density at radius 1 is 1.44 bits per heavy atom. The largest absolute Gasteiger partial charge is 0.465 e. The summed E-state index contributed by atoms with van der Waals surface area (Å²) in [5.74, 6) is 0. The molecule has 0 aliphatic rings. The molecule has 0 saturated heterocycles. The average molecular weight is 248 g/mol. The van der Waals surface area contributed by atoms with Crippen LogP contribution < -0.4 is 5.32 Å². The highest BCUT2D eigenvalue weighted by atomic mass is 16.4. The SMILES string of the molecule is CC[C@H](NC(=O)O)C(O)c1cc2ccccc2[nH]1. The van der Waals surface area contributed by atoms with Crippen LogP contribution >= 0.6 is 0 Å². The minimum Gasteiger partial charge on any atom is -0.465 e. The first-order valence-corrected chi connectivity index (χ1v) is 5.87. The van der Waals surface area contributed by atoms with Crippen molar-refractivity contribution in [3.8, 4) is 0 Å². The van der Waals surface area contributed by atoms with Crippen LogP contribution in [-0.4, -0.2) is 27.3 Å². The zero-order valence-electron chi connectivity index (χ0n) is 10.1. The monoisotopic (exact) mass is 248 g/mol. The second kappa shape index (κ2) is 5.10. The van der Waals surface area contributed by atoms with E-state index in [0.29, 0.717) is 12.1 Å². The normalized spacial score (nSPS) is 14.3. The maximum absolute atomic E-state index is 10.6. The van der Waals surface area contributed by atoms with Gasteiger partial charge in [-0.3, -0.25) is 0 Å². The van der Waals surface area contributed by atoms with Crippen molar-refractivity contribution in [2.45, 2.75) is 25.5 Å². The van der Waals surface area contributed by atoms with Crippen molar-refractivity contribution in [1.82, 2.24) is 10.3 Å². The number of hydrogen-bond acceptors (Lipinski definition) is 2. The van der Waals surface area contributed by atoms with Gasteiger partial charge in [0.25, 0.3) is 0 Å². The van der Waals surface area contributed by atoms with Crippen molar-refractivity contribution in [3.63, 3.8) is 0 Å². The molecule has 4 N–H and O–H groups in total. The highest BCUT2D eigenvalue weighted by Crippen LogP contribution is 2.23. The number of aliphatic hydroxyl groups is 1. The summed E-state index contributed by atoms with van der Waals surface area (Å²) in [4.78, 5) is 13.7. The molecule has 0 spiro atoms. The molecule has 96 valence electrons. The van der Waals surface area contributed by atoms with Gasteiger partial charge in [-0.05, 0) is 23.9 Å². The molecule has 0 saturated carbocycles. The third-order valence-corrected chi connectivity index (χ3v) is 3.00. The van der Waals surface area contributed by atoms with Gasteiger partial charge in [0, 0.05) is 11.2 Å². The summed E-state index contributed by atoms with van der Waals surface area (Å²) < 4.78 is 0. The number of carbonyl (C=O) groups is 1. The Morgan fingerprint density at radius 2 is 2.17 bits per heavy atom. The minimum absolute atomic E-state index is 0.517. The van der Waals surface area contributed by atoms with Crippen LogP contribution in [-0.2, 0) is 0 Å². The van der Waals surface area contributed by atoms with Crippen molar-refractivity contribution in [2.75, 3.05) is 0 Å². The van der Waals surface area contributed by atoms with E-state index in [-0.39, 0.29) is 0 Å².